The Bertz CT molecular complexity index is 1330. The molecule has 0 bridgehead atoms. The molecule has 10 heteroatoms. The predicted octanol–water partition coefficient (Wildman–Crippen LogP) is 3.77. The van der Waals surface area contributed by atoms with Gasteiger partial charge in [0, 0.05) is 5.69 Å². The number of benzene rings is 3. The summed E-state index contributed by atoms with van der Waals surface area (Å²) in [4.78, 5) is 23.3. The number of hydrogen-bond acceptors (Lipinski definition) is 7. The van der Waals surface area contributed by atoms with Crippen LogP contribution in [0.15, 0.2) is 84.0 Å². The molecule has 0 unspecified atom stereocenters. The summed E-state index contributed by atoms with van der Waals surface area (Å²) in [5.74, 6) is -0.717. The van der Waals surface area contributed by atoms with Gasteiger partial charge in [0.25, 0.3) is 5.91 Å². The first-order chi connectivity index (χ1) is 17.0. The molecule has 178 valence electrons. The normalized spacial score (nSPS) is 10.7. The zero-order valence-corrected chi connectivity index (χ0v) is 19.3. The maximum absolute atomic E-state index is 14.5. The standard InChI is InChI=1S/C25H21FN4O4S/c26-21-12-5-4-11-20(21)24-28-29-25(30(24)18-8-2-1-3-9-18)35-16-23(32)34-14-17-7-6-10-19(13-17)33-15-22(27)31/h1-13H,14-16H2,(H2,27,31). The van der Waals surface area contributed by atoms with Crippen molar-refractivity contribution in [1.29, 1.82) is 0 Å². The largest absolute Gasteiger partial charge is 0.484 e. The van der Waals surface area contributed by atoms with Crippen LogP contribution in [0.25, 0.3) is 17.1 Å². The molecule has 0 radical (unpaired) electrons. The van der Waals surface area contributed by atoms with E-state index in [9.17, 15) is 14.0 Å². The molecule has 0 atom stereocenters. The molecule has 3 aromatic carbocycles. The first kappa shape index (κ1) is 24.0. The molecule has 1 amide bonds. The number of esters is 1. The number of primary amides is 1. The number of nitrogens with two attached hydrogens (primary N) is 1. The molecule has 0 fully saturated rings. The third-order valence-corrected chi connectivity index (χ3v) is 5.66. The predicted molar refractivity (Wildman–Crippen MR) is 128 cm³/mol. The minimum atomic E-state index is -0.583. The molecule has 35 heavy (non-hydrogen) atoms. The van der Waals surface area contributed by atoms with Gasteiger partial charge in [-0.15, -0.1) is 10.2 Å². The highest BCUT2D eigenvalue weighted by Crippen LogP contribution is 2.29. The van der Waals surface area contributed by atoms with E-state index in [2.05, 4.69) is 10.2 Å². The van der Waals surface area contributed by atoms with E-state index >= 15 is 0 Å². The van der Waals surface area contributed by atoms with Gasteiger partial charge < -0.3 is 15.2 Å². The minimum Gasteiger partial charge on any atom is -0.484 e. The van der Waals surface area contributed by atoms with Crippen molar-refractivity contribution in [3.63, 3.8) is 0 Å². The number of carbonyl (C=O) groups is 2. The lowest BCUT2D eigenvalue weighted by Crippen LogP contribution is -2.20. The number of carbonyl (C=O) groups excluding carboxylic acids is 2. The van der Waals surface area contributed by atoms with E-state index in [1.807, 2.05) is 30.3 Å². The van der Waals surface area contributed by atoms with E-state index in [1.54, 1.807) is 47.0 Å². The average Bonchev–Trinajstić information content (AvgIpc) is 3.30. The van der Waals surface area contributed by atoms with Gasteiger partial charge in [-0.25, -0.2) is 4.39 Å². The second-order valence-corrected chi connectivity index (χ2v) is 8.25. The zero-order chi connectivity index (χ0) is 24.6. The molecule has 0 saturated carbocycles. The summed E-state index contributed by atoms with van der Waals surface area (Å²) in [6, 6.07) is 22.4. The molecule has 1 aromatic heterocycles. The van der Waals surface area contributed by atoms with Gasteiger partial charge in [-0.3, -0.25) is 14.2 Å². The zero-order valence-electron chi connectivity index (χ0n) is 18.5. The van der Waals surface area contributed by atoms with Crippen LogP contribution in [-0.4, -0.2) is 39.0 Å². The van der Waals surface area contributed by atoms with Gasteiger partial charge in [0.15, 0.2) is 17.6 Å². The molecule has 0 saturated heterocycles. The van der Waals surface area contributed by atoms with Crippen molar-refractivity contribution in [2.45, 2.75) is 11.8 Å². The van der Waals surface area contributed by atoms with Crippen molar-refractivity contribution in [2.24, 2.45) is 5.73 Å². The molecule has 0 spiro atoms. The smallest absolute Gasteiger partial charge is 0.316 e. The van der Waals surface area contributed by atoms with Crippen LogP contribution in [0.4, 0.5) is 4.39 Å². The van der Waals surface area contributed by atoms with Gasteiger partial charge in [-0.2, -0.15) is 0 Å². The lowest BCUT2D eigenvalue weighted by atomic mass is 10.2. The van der Waals surface area contributed by atoms with Crippen molar-refractivity contribution >= 4 is 23.6 Å². The fourth-order valence-electron chi connectivity index (χ4n) is 3.20. The number of nitrogens with zero attached hydrogens (tertiary/aromatic N) is 3. The Morgan fingerprint density at radius 1 is 0.971 bits per heavy atom. The van der Waals surface area contributed by atoms with Crippen LogP contribution < -0.4 is 10.5 Å². The number of amides is 1. The number of ether oxygens (including phenoxy) is 2. The van der Waals surface area contributed by atoms with Crippen LogP contribution in [-0.2, 0) is 20.9 Å². The molecule has 1 heterocycles. The first-order valence-electron chi connectivity index (χ1n) is 10.6. The number of aromatic nitrogens is 3. The van der Waals surface area contributed by atoms with Crippen molar-refractivity contribution in [3.8, 4) is 22.8 Å². The Hall–Kier alpha value is -4.18. The SMILES string of the molecule is NC(=O)COc1cccc(COC(=O)CSc2nnc(-c3ccccc3F)n2-c2ccccc2)c1. The summed E-state index contributed by atoms with van der Waals surface area (Å²) in [7, 11) is 0. The van der Waals surface area contributed by atoms with E-state index in [0.717, 1.165) is 17.4 Å². The van der Waals surface area contributed by atoms with Gasteiger partial charge in [-0.05, 0) is 42.0 Å². The third-order valence-electron chi connectivity index (χ3n) is 4.76. The second kappa shape index (κ2) is 11.3. The number of thioether (sulfide) groups is 1. The van der Waals surface area contributed by atoms with Crippen molar-refractivity contribution in [3.05, 3.63) is 90.2 Å². The van der Waals surface area contributed by atoms with E-state index in [1.165, 1.54) is 6.07 Å². The minimum absolute atomic E-state index is 0.0268. The lowest BCUT2D eigenvalue weighted by Gasteiger charge is -2.11. The van der Waals surface area contributed by atoms with Gasteiger partial charge in [0.05, 0.1) is 11.3 Å². The number of hydrogen-bond donors (Lipinski definition) is 1. The van der Waals surface area contributed by atoms with E-state index in [4.69, 9.17) is 15.2 Å². The fourth-order valence-corrected chi connectivity index (χ4v) is 3.95. The molecule has 4 aromatic rings. The fraction of sp³-hybridized carbons (Fsp3) is 0.120. The topological polar surface area (TPSA) is 109 Å². The summed E-state index contributed by atoms with van der Waals surface area (Å²) >= 11 is 1.14. The van der Waals surface area contributed by atoms with Crippen LogP contribution in [0.1, 0.15) is 5.56 Å². The highest BCUT2D eigenvalue weighted by Gasteiger charge is 2.19. The molecular formula is C25H21FN4O4S. The average molecular weight is 493 g/mol. The van der Waals surface area contributed by atoms with Crippen molar-refractivity contribution < 1.29 is 23.5 Å². The Balaban J connectivity index is 1.44. The highest BCUT2D eigenvalue weighted by molar-refractivity contribution is 7.99. The van der Waals surface area contributed by atoms with Gasteiger partial charge >= 0.3 is 5.97 Å². The van der Waals surface area contributed by atoms with Crippen LogP contribution >= 0.6 is 11.8 Å². The van der Waals surface area contributed by atoms with Gasteiger partial charge in [0.1, 0.15) is 18.2 Å². The Labute approximate surface area is 204 Å². The highest BCUT2D eigenvalue weighted by atomic mass is 32.2. The number of para-hydroxylation sites is 1. The first-order valence-corrected chi connectivity index (χ1v) is 11.5. The molecule has 8 nitrogen and oxygen atoms in total. The van der Waals surface area contributed by atoms with Gasteiger partial charge in [0.2, 0.25) is 0 Å². The summed E-state index contributed by atoms with van der Waals surface area (Å²) in [6.07, 6.45) is 0. The van der Waals surface area contributed by atoms with Crippen molar-refractivity contribution in [2.75, 3.05) is 12.4 Å². The maximum atomic E-state index is 14.5. The second-order valence-electron chi connectivity index (χ2n) is 7.31. The summed E-state index contributed by atoms with van der Waals surface area (Å²) < 4.78 is 26.8. The lowest BCUT2D eigenvalue weighted by molar-refractivity contribution is -0.141. The molecule has 4 rings (SSSR count). The molecular weight excluding hydrogens is 471 g/mol. The Morgan fingerprint density at radius 3 is 2.51 bits per heavy atom. The Morgan fingerprint density at radius 2 is 1.74 bits per heavy atom. The van der Waals surface area contributed by atoms with Crippen LogP contribution in [0.3, 0.4) is 0 Å². The van der Waals surface area contributed by atoms with E-state index < -0.39 is 17.7 Å². The molecule has 2 N–H and O–H groups in total. The van der Waals surface area contributed by atoms with E-state index in [0.29, 0.717) is 27.9 Å². The van der Waals surface area contributed by atoms with Crippen LogP contribution in [0, 0.1) is 5.82 Å². The quantitative estimate of drug-likeness (QED) is 0.265. The third kappa shape index (κ3) is 6.24. The molecule has 0 aliphatic carbocycles. The summed E-state index contributed by atoms with van der Waals surface area (Å²) in [6.45, 7) is -0.212. The maximum Gasteiger partial charge on any atom is 0.316 e. The van der Waals surface area contributed by atoms with Crippen LogP contribution in [0.2, 0.25) is 0 Å². The van der Waals surface area contributed by atoms with Crippen LogP contribution in [0.5, 0.6) is 5.75 Å². The molecule has 0 aliphatic heterocycles. The van der Waals surface area contributed by atoms with E-state index in [-0.39, 0.29) is 19.0 Å². The number of halogens is 1. The Kier molecular flexibility index (Phi) is 7.74. The monoisotopic (exact) mass is 492 g/mol. The number of rotatable bonds is 10. The summed E-state index contributed by atoms with van der Waals surface area (Å²) in [5.41, 5.74) is 6.81. The summed E-state index contributed by atoms with van der Waals surface area (Å²) in [5, 5.41) is 8.81. The molecule has 0 aliphatic rings. The van der Waals surface area contributed by atoms with Gasteiger partial charge in [-0.1, -0.05) is 54.2 Å². The van der Waals surface area contributed by atoms with Crippen molar-refractivity contribution in [1.82, 2.24) is 14.8 Å².